The van der Waals surface area contributed by atoms with Crippen LogP contribution in [0.4, 0.5) is 0 Å². The summed E-state index contributed by atoms with van der Waals surface area (Å²) >= 11 is 0. The van der Waals surface area contributed by atoms with Crippen molar-refractivity contribution >= 4 is 16.9 Å². The third-order valence-corrected chi connectivity index (χ3v) is 2.49. The van der Waals surface area contributed by atoms with Gasteiger partial charge in [0.2, 0.25) is 0 Å². The number of carboxylic acids is 1. The molecule has 0 atom stereocenters. The number of nitrogens with zero attached hydrogens (tertiary/aromatic N) is 1. The molecule has 0 aliphatic carbocycles. The average Bonchev–Trinajstić information content (AvgIpc) is 2.60. The highest BCUT2D eigenvalue weighted by Crippen LogP contribution is 2.17. The Hall–Kier alpha value is -2.03. The maximum atomic E-state index is 10.3. The molecule has 3 heteroatoms. The second-order valence-electron chi connectivity index (χ2n) is 3.77. The number of carboxylic acid groups (broad SMARTS) is 1. The van der Waals surface area contributed by atoms with Crippen LogP contribution in [0, 0.1) is 6.92 Å². The van der Waals surface area contributed by atoms with E-state index in [0.717, 1.165) is 5.52 Å². The first-order valence-corrected chi connectivity index (χ1v) is 5.12. The van der Waals surface area contributed by atoms with Crippen LogP contribution < -0.4 is 0 Å². The van der Waals surface area contributed by atoms with Gasteiger partial charge in [-0.25, -0.2) is 4.79 Å². The van der Waals surface area contributed by atoms with Gasteiger partial charge in [0.15, 0.2) is 0 Å². The normalized spacial score (nSPS) is 11.3. The molecule has 16 heavy (non-hydrogen) atoms. The first-order valence-electron chi connectivity index (χ1n) is 5.12. The van der Waals surface area contributed by atoms with Crippen molar-refractivity contribution in [2.24, 2.45) is 0 Å². The number of carbonyl (C=O) groups is 1. The Morgan fingerprint density at radius 2 is 2.25 bits per heavy atom. The summed E-state index contributed by atoms with van der Waals surface area (Å²) in [6.45, 7) is 2.64. The van der Waals surface area contributed by atoms with Crippen LogP contribution in [-0.2, 0) is 11.3 Å². The predicted octanol–water partition coefficient (Wildman–Crippen LogP) is 2.59. The average molecular weight is 215 g/mol. The SMILES string of the molecule is Cc1ccc2c(ccn2CC=CC(=O)O)c1. The summed E-state index contributed by atoms with van der Waals surface area (Å²) in [5, 5.41) is 9.68. The Balaban J connectivity index is 2.28. The van der Waals surface area contributed by atoms with Crippen molar-refractivity contribution in [3.05, 3.63) is 48.2 Å². The maximum Gasteiger partial charge on any atom is 0.328 e. The molecular formula is C13H13NO2. The van der Waals surface area contributed by atoms with Crippen molar-refractivity contribution in [1.29, 1.82) is 0 Å². The molecule has 0 amide bonds. The van der Waals surface area contributed by atoms with Crippen molar-refractivity contribution in [2.75, 3.05) is 0 Å². The van der Waals surface area contributed by atoms with Crippen LogP contribution >= 0.6 is 0 Å². The van der Waals surface area contributed by atoms with Gasteiger partial charge in [0.1, 0.15) is 0 Å². The van der Waals surface area contributed by atoms with E-state index in [1.807, 2.05) is 16.8 Å². The molecule has 2 aromatic rings. The standard InChI is InChI=1S/C13H13NO2/c1-10-4-5-12-11(9-10)6-8-14(12)7-2-3-13(15)16/h2-6,8-9H,7H2,1H3,(H,15,16). The molecule has 1 aromatic heterocycles. The van der Waals surface area contributed by atoms with E-state index in [1.165, 1.54) is 17.0 Å². The van der Waals surface area contributed by atoms with Crippen molar-refractivity contribution in [2.45, 2.75) is 13.5 Å². The molecule has 0 aliphatic rings. The second-order valence-corrected chi connectivity index (χ2v) is 3.77. The lowest BCUT2D eigenvalue weighted by molar-refractivity contribution is -0.131. The zero-order valence-corrected chi connectivity index (χ0v) is 9.05. The summed E-state index contributed by atoms with van der Waals surface area (Å²) in [6.07, 6.45) is 4.78. The summed E-state index contributed by atoms with van der Waals surface area (Å²) in [6, 6.07) is 8.27. The molecule has 0 saturated heterocycles. The summed E-state index contributed by atoms with van der Waals surface area (Å²) in [7, 11) is 0. The maximum absolute atomic E-state index is 10.3. The molecule has 1 aromatic carbocycles. The fraction of sp³-hybridized carbons (Fsp3) is 0.154. The van der Waals surface area contributed by atoms with Crippen LogP contribution in [0.2, 0.25) is 0 Å². The van der Waals surface area contributed by atoms with Crippen molar-refractivity contribution in [1.82, 2.24) is 4.57 Å². The zero-order valence-electron chi connectivity index (χ0n) is 9.05. The number of fused-ring (bicyclic) bond motifs is 1. The van der Waals surface area contributed by atoms with E-state index >= 15 is 0 Å². The summed E-state index contributed by atoms with van der Waals surface area (Å²) in [5.74, 6) is -0.910. The highest BCUT2D eigenvalue weighted by Gasteiger charge is 1.99. The lowest BCUT2D eigenvalue weighted by Crippen LogP contribution is -1.94. The molecule has 3 nitrogen and oxygen atoms in total. The van der Waals surface area contributed by atoms with Crippen LogP contribution in [0.1, 0.15) is 5.56 Å². The van der Waals surface area contributed by atoms with Gasteiger partial charge in [-0.15, -0.1) is 0 Å². The largest absolute Gasteiger partial charge is 0.478 e. The minimum atomic E-state index is -0.910. The summed E-state index contributed by atoms with van der Waals surface area (Å²) in [5.41, 5.74) is 2.35. The van der Waals surface area contributed by atoms with E-state index in [9.17, 15) is 4.79 Å². The predicted molar refractivity (Wildman–Crippen MR) is 63.5 cm³/mol. The topological polar surface area (TPSA) is 42.2 Å². The Morgan fingerprint density at radius 3 is 3.00 bits per heavy atom. The van der Waals surface area contributed by atoms with Gasteiger partial charge in [0, 0.05) is 24.3 Å². The Labute approximate surface area is 93.6 Å². The molecule has 2 rings (SSSR count). The van der Waals surface area contributed by atoms with E-state index in [0.29, 0.717) is 6.54 Å². The minimum absolute atomic E-state index is 0.582. The molecule has 0 saturated carbocycles. The monoisotopic (exact) mass is 215 g/mol. The molecule has 0 aliphatic heterocycles. The van der Waals surface area contributed by atoms with E-state index in [-0.39, 0.29) is 0 Å². The number of rotatable bonds is 3. The Kier molecular flexibility index (Phi) is 2.77. The number of aryl methyl sites for hydroxylation is 1. The summed E-state index contributed by atoms with van der Waals surface area (Å²) in [4.78, 5) is 10.3. The smallest absolute Gasteiger partial charge is 0.328 e. The van der Waals surface area contributed by atoms with Gasteiger partial charge in [-0.05, 0) is 30.5 Å². The third kappa shape index (κ3) is 2.14. The van der Waals surface area contributed by atoms with Crippen LogP contribution in [0.15, 0.2) is 42.6 Å². The van der Waals surface area contributed by atoms with E-state index in [4.69, 9.17) is 5.11 Å². The first-order chi connectivity index (χ1) is 7.66. The number of aliphatic carboxylic acids is 1. The molecule has 0 fully saturated rings. The quantitative estimate of drug-likeness (QED) is 0.799. The molecule has 0 unspecified atom stereocenters. The molecule has 0 spiro atoms. The fourth-order valence-corrected chi connectivity index (χ4v) is 1.75. The van der Waals surface area contributed by atoms with Gasteiger partial charge >= 0.3 is 5.97 Å². The highest BCUT2D eigenvalue weighted by molar-refractivity contribution is 5.81. The number of hydrogen-bond donors (Lipinski definition) is 1. The lowest BCUT2D eigenvalue weighted by Gasteiger charge is -2.01. The zero-order chi connectivity index (χ0) is 11.5. The third-order valence-electron chi connectivity index (χ3n) is 2.49. The lowest BCUT2D eigenvalue weighted by atomic mass is 10.2. The minimum Gasteiger partial charge on any atom is -0.478 e. The summed E-state index contributed by atoms with van der Waals surface area (Å²) < 4.78 is 2.02. The molecule has 0 radical (unpaired) electrons. The second kappa shape index (κ2) is 4.23. The van der Waals surface area contributed by atoms with Crippen LogP contribution in [0.3, 0.4) is 0 Å². The number of hydrogen-bond acceptors (Lipinski definition) is 1. The van der Waals surface area contributed by atoms with Gasteiger partial charge in [0.25, 0.3) is 0 Å². The highest BCUT2D eigenvalue weighted by atomic mass is 16.4. The molecular weight excluding hydrogens is 202 g/mol. The molecule has 1 heterocycles. The van der Waals surface area contributed by atoms with Gasteiger partial charge in [-0.3, -0.25) is 0 Å². The van der Waals surface area contributed by atoms with Gasteiger partial charge < -0.3 is 9.67 Å². The van der Waals surface area contributed by atoms with Crippen molar-refractivity contribution < 1.29 is 9.90 Å². The van der Waals surface area contributed by atoms with Crippen molar-refractivity contribution in [3.63, 3.8) is 0 Å². The van der Waals surface area contributed by atoms with Crippen LogP contribution in [0.5, 0.6) is 0 Å². The van der Waals surface area contributed by atoms with Gasteiger partial charge in [0.05, 0.1) is 0 Å². The van der Waals surface area contributed by atoms with Crippen LogP contribution in [0.25, 0.3) is 10.9 Å². The first kappa shape index (κ1) is 10.5. The number of aromatic nitrogens is 1. The molecule has 0 bridgehead atoms. The Morgan fingerprint density at radius 1 is 1.44 bits per heavy atom. The van der Waals surface area contributed by atoms with E-state index in [1.54, 1.807) is 6.08 Å². The Bertz CT molecular complexity index is 552. The van der Waals surface area contributed by atoms with E-state index in [2.05, 4.69) is 25.1 Å². The number of benzene rings is 1. The van der Waals surface area contributed by atoms with Crippen LogP contribution in [-0.4, -0.2) is 15.6 Å². The number of allylic oxidation sites excluding steroid dienone is 1. The van der Waals surface area contributed by atoms with Gasteiger partial charge in [-0.2, -0.15) is 0 Å². The fourth-order valence-electron chi connectivity index (χ4n) is 1.75. The van der Waals surface area contributed by atoms with E-state index < -0.39 is 5.97 Å². The van der Waals surface area contributed by atoms with Crippen molar-refractivity contribution in [3.8, 4) is 0 Å². The molecule has 82 valence electrons. The molecule has 1 N–H and O–H groups in total. The van der Waals surface area contributed by atoms with Gasteiger partial charge in [-0.1, -0.05) is 17.7 Å².